The van der Waals surface area contributed by atoms with E-state index in [1.54, 1.807) is 13.0 Å². The predicted molar refractivity (Wildman–Crippen MR) is 108 cm³/mol. The van der Waals surface area contributed by atoms with Gasteiger partial charge in [0.25, 0.3) is 0 Å². The molecule has 6 heteroatoms. The molecule has 1 aromatic rings. The lowest BCUT2D eigenvalue weighted by Crippen LogP contribution is -2.46. The molecule has 5 nitrogen and oxygen atoms in total. The van der Waals surface area contributed by atoms with E-state index >= 15 is 0 Å². The van der Waals surface area contributed by atoms with Crippen molar-refractivity contribution in [2.24, 2.45) is 10.7 Å². The van der Waals surface area contributed by atoms with Crippen molar-refractivity contribution in [3.63, 3.8) is 0 Å². The number of hydrogen-bond donors (Lipinski definition) is 1. The van der Waals surface area contributed by atoms with Gasteiger partial charge in [0.15, 0.2) is 0 Å². The highest BCUT2D eigenvalue weighted by molar-refractivity contribution is 6.49. The molecule has 1 unspecified atom stereocenters. The van der Waals surface area contributed by atoms with Gasteiger partial charge < -0.3 is 15.1 Å². The van der Waals surface area contributed by atoms with Crippen LogP contribution in [-0.2, 0) is 4.79 Å². The van der Waals surface area contributed by atoms with Gasteiger partial charge in [-0.25, -0.2) is 4.99 Å². The fourth-order valence-corrected chi connectivity index (χ4v) is 3.58. The van der Waals surface area contributed by atoms with E-state index in [9.17, 15) is 4.79 Å². The van der Waals surface area contributed by atoms with Crippen LogP contribution in [0.5, 0.6) is 0 Å². The molecule has 0 amide bonds. The van der Waals surface area contributed by atoms with Crippen molar-refractivity contribution in [3.8, 4) is 0 Å². The molecule has 26 heavy (non-hydrogen) atoms. The van der Waals surface area contributed by atoms with Crippen molar-refractivity contribution >= 4 is 34.5 Å². The van der Waals surface area contributed by atoms with E-state index in [4.69, 9.17) is 17.3 Å². The van der Waals surface area contributed by atoms with Gasteiger partial charge in [-0.3, -0.25) is 4.79 Å². The van der Waals surface area contributed by atoms with Crippen LogP contribution in [0.2, 0.25) is 0 Å². The summed E-state index contributed by atoms with van der Waals surface area (Å²) in [5.41, 5.74) is 9.26. The summed E-state index contributed by atoms with van der Waals surface area (Å²) in [6.07, 6.45) is 2.88. The number of nitrogens with zero attached hydrogens (tertiary/aromatic N) is 3. The van der Waals surface area contributed by atoms with Crippen molar-refractivity contribution in [1.29, 1.82) is 0 Å². The fraction of sp³-hybridized carbons (Fsp3) is 0.400. The number of likely N-dealkylation sites (N-methyl/N-ethyl adjacent to an activating group) is 1. The summed E-state index contributed by atoms with van der Waals surface area (Å²) in [6, 6.07) is 8.77. The number of allylic oxidation sites excluding steroid dienone is 3. The first-order chi connectivity index (χ1) is 12.2. The molecule has 1 aromatic carbocycles. The van der Waals surface area contributed by atoms with Gasteiger partial charge in [0.2, 0.25) is 5.78 Å². The molecule has 3 rings (SSSR count). The monoisotopic (exact) mass is 373 g/mol. The van der Waals surface area contributed by atoms with Crippen molar-refractivity contribution in [2.75, 3.05) is 39.1 Å². The minimum atomic E-state index is -0.237. The smallest absolute Gasteiger partial charge is 0.202 e. The van der Waals surface area contributed by atoms with Crippen molar-refractivity contribution < 1.29 is 9.28 Å². The molecular formula is C20H26ClN4O+. The van der Waals surface area contributed by atoms with Gasteiger partial charge in [0.05, 0.1) is 44.8 Å². The summed E-state index contributed by atoms with van der Waals surface area (Å²) in [5.74, 6) is -0.237. The summed E-state index contributed by atoms with van der Waals surface area (Å²) < 4.78 is 0.985. The molecule has 0 bridgehead atoms. The normalized spacial score (nSPS) is 23.0. The second-order valence-electron chi connectivity index (χ2n) is 7.90. The number of Topliss-reactive ketones (excluding diaryl/α,β-unsaturated/α-hetero) is 1. The van der Waals surface area contributed by atoms with Crippen molar-refractivity contribution in [1.82, 2.24) is 0 Å². The molecule has 0 spiro atoms. The first kappa shape index (κ1) is 18.7. The van der Waals surface area contributed by atoms with E-state index in [0.717, 1.165) is 23.3 Å². The minimum absolute atomic E-state index is 0.0452. The first-order valence-electron chi connectivity index (χ1n) is 8.80. The van der Waals surface area contributed by atoms with E-state index in [0.29, 0.717) is 17.3 Å². The van der Waals surface area contributed by atoms with Crippen molar-refractivity contribution in [3.05, 3.63) is 46.6 Å². The average Bonchev–Trinajstić information content (AvgIpc) is 3.09. The Labute approximate surface area is 160 Å². The quantitative estimate of drug-likeness (QED) is 0.654. The minimum Gasteiger partial charge on any atom is -0.396 e. The number of rotatable bonds is 3. The van der Waals surface area contributed by atoms with Gasteiger partial charge in [-0.15, -0.1) is 0 Å². The molecule has 2 N–H and O–H groups in total. The van der Waals surface area contributed by atoms with Crippen LogP contribution in [0.25, 0.3) is 0 Å². The molecule has 1 aliphatic carbocycles. The summed E-state index contributed by atoms with van der Waals surface area (Å²) in [7, 11) is 6.75. The molecule has 0 saturated carbocycles. The summed E-state index contributed by atoms with van der Waals surface area (Å²) in [5, 5.41) is 0.0452. The molecule has 1 saturated heterocycles. The van der Waals surface area contributed by atoms with E-state index in [1.165, 1.54) is 12.1 Å². The number of carbonyl (C=O) groups excluding carboxylic acids is 1. The first-order valence-corrected chi connectivity index (χ1v) is 9.18. The van der Waals surface area contributed by atoms with Crippen LogP contribution in [0.3, 0.4) is 0 Å². The molecule has 1 fully saturated rings. The zero-order chi connectivity index (χ0) is 19.1. The van der Waals surface area contributed by atoms with Gasteiger partial charge in [0.1, 0.15) is 11.1 Å². The topological polar surface area (TPSA) is 58.7 Å². The third-order valence-corrected chi connectivity index (χ3v) is 5.52. The molecule has 2 aliphatic rings. The van der Waals surface area contributed by atoms with Gasteiger partial charge in [-0.2, -0.15) is 0 Å². The van der Waals surface area contributed by atoms with Crippen LogP contribution in [0.15, 0.2) is 51.6 Å². The lowest BCUT2D eigenvalue weighted by Gasteiger charge is -2.31. The van der Waals surface area contributed by atoms with Crippen LogP contribution in [0, 0.1) is 0 Å². The Bertz CT molecular complexity index is 815. The fourth-order valence-electron chi connectivity index (χ4n) is 3.33. The number of ketones is 1. The summed E-state index contributed by atoms with van der Waals surface area (Å²) >= 11 is 6.01. The average molecular weight is 374 g/mol. The van der Waals surface area contributed by atoms with E-state index < -0.39 is 0 Å². The van der Waals surface area contributed by atoms with Crippen molar-refractivity contribution in [2.45, 2.75) is 19.4 Å². The van der Waals surface area contributed by atoms with Crippen LogP contribution < -0.4 is 10.6 Å². The second-order valence-corrected chi connectivity index (χ2v) is 8.28. The van der Waals surface area contributed by atoms with E-state index in [2.05, 4.69) is 43.2 Å². The molecular weight excluding hydrogens is 348 g/mol. The van der Waals surface area contributed by atoms with Gasteiger partial charge >= 0.3 is 0 Å². The van der Waals surface area contributed by atoms with Gasteiger partial charge in [-0.1, -0.05) is 11.6 Å². The van der Waals surface area contributed by atoms with Crippen LogP contribution in [0.4, 0.5) is 11.4 Å². The van der Waals surface area contributed by atoms with Crippen LogP contribution in [-0.4, -0.2) is 56.3 Å². The molecule has 1 heterocycles. The van der Waals surface area contributed by atoms with E-state index in [-0.39, 0.29) is 16.5 Å². The van der Waals surface area contributed by atoms with E-state index in [1.807, 2.05) is 12.1 Å². The Morgan fingerprint density at radius 1 is 1.23 bits per heavy atom. The standard InChI is InChI=1S/C20H25ClN4O/c1-13-11-17(19(22)18(21)20(13)26)23-14-5-7-15(8-6-14)24-10-9-16(12-24)25(2,3)4/h5-8,11,16H,9-10,12H2,1-4H3,(H-,22,26)/p+1. The third-order valence-electron chi connectivity index (χ3n) is 5.15. The summed E-state index contributed by atoms with van der Waals surface area (Å²) in [6.45, 7) is 3.85. The number of anilines is 1. The number of quaternary nitrogens is 1. The summed E-state index contributed by atoms with van der Waals surface area (Å²) in [4.78, 5) is 18.8. The molecule has 0 radical (unpaired) electrons. The molecule has 0 aromatic heterocycles. The molecule has 1 atom stereocenters. The van der Waals surface area contributed by atoms with Crippen LogP contribution >= 0.6 is 11.6 Å². The number of hydrogen-bond acceptors (Lipinski definition) is 4. The number of halogens is 1. The Hall–Kier alpha value is -2.11. The number of nitrogens with two attached hydrogens (primary N) is 1. The lowest BCUT2D eigenvalue weighted by atomic mass is 10.0. The number of carbonyl (C=O) groups is 1. The molecule has 1 aliphatic heterocycles. The largest absolute Gasteiger partial charge is 0.396 e. The Kier molecular flexibility index (Phi) is 4.95. The number of benzene rings is 1. The maximum atomic E-state index is 11.8. The zero-order valence-corrected chi connectivity index (χ0v) is 16.5. The Morgan fingerprint density at radius 3 is 2.46 bits per heavy atom. The number of aliphatic imine (C=N–C) groups is 1. The van der Waals surface area contributed by atoms with Crippen LogP contribution in [0.1, 0.15) is 13.3 Å². The lowest BCUT2D eigenvalue weighted by molar-refractivity contribution is -0.893. The molecule has 138 valence electrons. The second kappa shape index (κ2) is 6.89. The highest BCUT2D eigenvalue weighted by Gasteiger charge is 2.32. The Balaban J connectivity index is 1.78. The highest BCUT2D eigenvalue weighted by atomic mass is 35.5. The maximum absolute atomic E-state index is 11.8. The SMILES string of the molecule is CC1=CC(=Nc2ccc(N3CCC([N+](C)(C)C)C3)cc2)C(N)=C(Cl)C1=O. The predicted octanol–water partition coefficient (Wildman–Crippen LogP) is 2.98. The Morgan fingerprint density at radius 2 is 1.88 bits per heavy atom. The van der Waals surface area contributed by atoms with Gasteiger partial charge in [-0.05, 0) is 37.3 Å². The highest BCUT2D eigenvalue weighted by Crippen LogP contribution is 2.27. The van der Waals surface area contributed by atoms with Gasteiger partial charge in [0, 0.05) is 24.2 Å². The maximum Gasteiger partial charge on any atom is 0.202 e. The zero-order valence-electron chi connectivity index (χ0n) is 15.8. The third kappa shape index (κ3) is 3.69.